The summed E-state index contributed by atoms with van der Waals surface area (Å²) in [4.78, 5) is 2.48. The van der Waals surface area contributed by atoms with Crippen LogP contribution in [-0.4, -0.2) is 0 Å². The molecule has 9 rings (SSSR count). The molecule has 0 atom stereocenters. The lowest BCUT2D eigenvalue weighted by Crippen LogP contribution is -2.28. The van der Waals surface area contributed by atoms with Crippen LogP contribution in [0, 0.1) is 0 Å². The zero-order valence-corrected chi connectivity index (χ0v) is 29.0. The summed E-state index contributed by atoms with van der Waals surface area (Å²) >= 11 is 0. The van der Waals surface area contributed by atoms with Crippen molar-refractivity contribution in [2.24, 2.45) is 0 Å². The molecule has 51 heavy (non-hydrogen) atoms. The Morgan fingerprint density at radius 2 is 1.00 bits per heavy atom. The highest BCUT2D eigenvalue weighted by Crippen LogP contribution is 2.57. The molecule has 244 valence electrons. The monoisotopic (exact) mass is 653 g/mol. The molecule has 1 nitrogen and oxygen atoms in total. The molecule has 8 aromatic rings. The van der Waals surface area contributed by atoms with Crippen LogP contribution in [0.15, 0.2) is 194 Å². The SMILES string of the molecule is CC(C)c1ccccc1-c1c(N(c2ccccc2)c2ccc3c(c2)C(c2ccccc2)(c2ccccc2)c2ccccc2-3)ccc2ccccc12. The minimum absolute atomic E-state index is 0.369. The molecular weight excluding hydrogens is 615 g/mol. The molecular formula is C50H39N. The summed E-state index contributed by atoms with van der Waals surface area (Å²) in [7, 11) is 0. The van der Waals surface area contributed by atoms with Crippen LogP contribution in [-0.2, 0) is 5.41 Å². The highest BCUT2D eigenvalue weighted by Gasteiger charge is 2.46. The molecule has 0 N–H and O–H groups in total. The second-order valence-electron chi connectivity index (χ2n) is 13.9. The predicted octanol–water partition coefficient (Wildman–Crippen LogP) is 13.5. The lowest BCUT2D eigenvalue weighted by atomic mass is 9.67. The number of rotatable bonds is 7. The molecule has 0 saturated carbocycles. The van der Waals surface area contributed by atoms with Gasteiger partial charge in [0.25, 0.3) is 0 Å². The first-order valence-corrected chi connectivity index (χ1v) is 18.0. The van der Waals surface area contributed by atoms with Gasteiger partial charge in [-0.1, -0.05) is 178 Å². The van der Waals surface area contributed by atoms with Gasteiger partial charge in [0.05, 0.1) is 11.1 Å². The number of nitrogens with zero attached hydrogens (tertiary/aromatic N) is 1. The predicted molar refractivity (Wildman–Crippen MR) is 215 cm³/mol. The minimum Gasteiger partial charge on any atom is -0.310 e. The second-order valence-corrected chi connectivity index (χ2v) is 13.9. The van der Waals surface area contributed by atoms with Crippen molar-refractivity contribution >= 4 is 27.8 Å². The molecule has 1 aliphatic carbocycles. The van der Waals surface area contributed by atoms with E-state index in [-0.39, 0.29) is 0 Å². The highest BCUT2D eigenvalue weighted by molar-refractivity contribution is 6.06. The van der Waals surface area contributed by atoms with Gasteiger partial charge in [-0.05, 0) is 91.5 Å². The van der Waals surface area contributed by atoms with Crippen LogP contribution >= 0.6 is 0 Å². The van der Waals surface area contributed by atoms with E-state index in [1.165, 1.54) is 60.8 Å². The van der Waals surface area contributed by atoms with Crippen LogP contribution in [0.1, 0.15) is 47.6 Å². The molecule has 1 heteroatoms. The van der Waals surface area contributed by atoms with Crippen molar-refractivity contribution in [2.75, 3.05) is 4.90 Å². The van der Waals surface area contributed by atoms with Crippen molar-refractivity contribution in [2.45, 2.75) is 25.2 Å². The highest BCUT2D eigenvalue weighted by atomic mass is 15.1. The van der Waals surface area contributed by atoms with Crippen LogP contribution in [0.2, 0.25) is 0 Å². The van der Waals surface area contributed by atoms with Gasteiger partial charge in [-0.25, -0.2) is 0 Å². The number of benzene rings is 8. The van der Waals surface area contributed by atoms with Gasteiger partial charge in [-0.15, -0.1) is 0 Å². The van der Waals surface area contributed by atoms with Gasteiger partial charge in [-0.2, -0.15) is 0 Å². The van der Waals surface area contributed by atoms with E-state index in [9.17, 15) is 0 Å². The van der Waals surface area contributed by atoms with Crippen LogP contribution < -0.4 is 4.90 Å². The molecule has 0 heterocycles. The van der Waals surface area contributed by atoms with Crippen molar-refractivity contribution in [1.82, 2.24) is 0 Å². The van der Waals surface area contributed by atoms with E-state index >= 15 is 0 Å². The number of fused-ring (bicyclic) bond motifs is 4. The Hall–Kier alpha value is -6.18. The number of anilines is 3. The van der Waals surface area contributed by atoms with Crippen molar-refractivity contribution in [3.63, 3.8) is 0 Å². The fourth-order valence-corrected chi connectivity index (χ4v) is 8.53. The fourth-order valence-electron chi connectivity index (χ4n) is 8.53. The van der Waals surface area contributed by atoms with Gasteiger partial charge in [0.1, 0.15) is 0 Å². The van der Waals surface area contributed by atoms with Crippen molar-refractivity contribution in [3.8, 4) is 22.3 Å². The molecule has 0 aliphatic heterocycles. The zero-order valence-electron chi connectivity index (χ0n) is 29.0. The van der Waals surface area contributed by atoms with E-state index < -0.39 is 5.41 Å². The van der Waals surface area contributed by atoms with Gasteiger partial charge in [0.15, 0.2) is 0 Å². The van der Waals surface area contributed by atoms with Crippen LogP contribution in [0.25, 0.3) is 33.0 Å². The van der Waals surface area contributed by atoms with E-state index in [1.807, 2.05) is 0 Å². The quantitative estimate of drug-likeness (QED) is 0.165. The van der Waals surface area contributed by atoms with Gasteiger partial charge in [-0.3, -0.25) is 0 Å². The zero-order chi connectivity index (χ0) is 34.4. The molecule has 0 amide bonds. The van der Waals surface area contributed by atoms with Gasteiger partial charge in [0.2, 0.25) is 0 Å². The topological polar surface area (TPSA) is 3.24 Å². The standard InChI is InChI=1S/C50H39N/c1-35(2)41-25-14-15-28-45(41)49-42-26-13-12-18-36(42)30-33-48(49)51(39-23-10-5-11-24-39)40-31-32-44-43-27-16-17-29-46(43)50(47(44)34-40,37-19-6-3-7-20-37)38-21-8-4-9-22-38/h3-35H,1-2H3. The number of hydrogen-bond acceptors (Lipinski definition) is 1. The summed E-state index contributed by atoms with van der Waals surface area (Å²) in [6.45, 7) is 4.59. The first kappa shape index (κ1) is 30.8. The van der Waals surface area contributed by atoms with Gasteiger partial charge in [0, 0.05) is 16.9 Å². The Bertz CT molecular complexity index is 2460. The van der Waals surface area contributed by atoms with E-state index in [0.717, 1.165) is 17.1 Å². The fraction of sp³-hybridized carbons (Fsp3) is 0.0800. The summed E-state index contributed by atoms with van der Waals surface area (Å²) in [5, 5.41) is 2.49. The van der Waals surface area contributed by atoms with E-state index in [4.69, 9.17) is 0 Å². The van der Waals surface area contributed by atoms with Crippen molar-refractivity contribution < 1.29 is 0 Å². The number of para-hydroxylation sites is 1. The Labute approximate surface area is 301 Å². The molecule has 8 aromatic carbocycles. The summed E-state index contributed by atoms with van der Waals surface area (Å²) in [6.07, 6.45) is 0. The first-order chi connectivity index (χ1) is 25.2. The lowest BCUT2D eigenvalue weighted by molar-refractivity contribution is 0.768. The van der Waals surface area contributed by atoms with E-state index in [2.05, 4.69) is 213 Å². The summed E-state index contributed by atoms with van der Waals surface area (Å²) < 4.78 is 0. The van der Waals surface area contributed by atoms with Crippen LogP contribution in [0.5, 0.6) is 0 Å². The van der Waals surface area contributed by atoms with Crippen molar-refractivity contribution in [3.05, 3.63) is 222 Å². The molecule has 1 aliphatic rings. The Kier molecular flexibility index (Phi) is 7.63. The smallest absolute Gasteiger partial charge is 0.0714 e. The molecule has 0 bridgehead atoms. The Balaban J connectivity index is 1.37. The van der Waals surface area contributed by atoms with E-state index in [1.54, 1.807) is 0 Å². The Morgan fingerprint density at radius 1 is 0.431 bits per heavy atom. The third kappa shape index (κ3) is 4.92. The van der Waals surface area contributed by atoms with Crippen molar-refractivity contribution in [1.29, 1.82) is 0 Å². The summed E-state index contributed by atoms with van der Waals surface area (Å²) in [6, 6.07) is 71.5. The maximum atomic E-state index is 2.48. The normalized spacial score (nSPS) is 12.8. The molecule has 0 unspecified atom stereocenters. The maximum Gasteiger partial charge on any atom is 0.0714 e. The van der Waals surface area contributed by atoms with Gasteiger partial charge >= 0.3 is 0 Å². The first-order valence-electron chi connectivity index (χ1n) is 18.0. The van der Waals surface area contributed by atoms with E-state index in [0.29, 0.717) is 5.92 Å². The largest absolute Gasteiger partial charge is 0.310 e. The second kappa shape index (κ2) is 12.6. The minimum atomic E-state index is -0.483. The average molecular weight is 654 g/mol. The third-order valence-electron chi connectivity index (χ3n) is 10.7. The average Bonchev–Trinajstić information content (AvgIpc) is 3.49. The van der Waals surface area contributed by atoms with Crippen LogP contribution in [0.4, 0.5) is 17.1 Å². The molecule has 0 spiro atoms. The Morgan fingerprint density at radius 3 is 1.71 bits per heavy atom. The molecule has 0 saturated heterocycles. The summed E-state index contributed by atoms with van der Waals surface area (Å²) in [5.74, 6) is 0.369. The van der Waals surface area contributed by atoms with Gasteiger partial charge < -0.3 is 4.90 Å². The third-order valence-corrected chi connectivity index (χ3v) is 10.7. The molecule has 0 fully saturated rings. The lowest BCUT2D eigenvalue weighted by Gasteiger charge is -2.35. The maximum absolute atomic E-state index is 2.48. The molecule has 0 aromatic heterocycles. The number of hydrogen-bond donors (Lipinski definition) is 0. The molecule has 0 radical (unpaired) electrons. The summed E-state index contributed by atoms with van der Waals surface area (Å²) in [5.41, 5.74) is 14.5. The van der Waals surface area contributed by atoms with Crippen LogP contribution in [0.3, 0.4) is 0 Å².